The maximum atomic E-state index is 12.9. The second kappa shape index (κ2) is 8.57. The molecule has 0 aliphatic carbocycles. The van der Waals surface area contributed by atoms with Gasteiger partial charge >= 0.3 is 0 Å². The third-order valence-corrected chi connectivity index (χ3v) is 7.14. The van der Waals surface area contributed by atoms with Gasteiger partial charge in [-0.05, 0) is 79.9 Å². The molecule has 2 aliphatic rings. The molecule has 2 aromatic carbocycles. The van der Waals surface area contributed by atoms with Crippen molar-refractivity contribution in [2.75, 3.05) is 0 Å². The number of rotatable bonds is 4. The summed E-state index contributed by atoms with van der Waals surface area (Å²) in [5.41, 5.74) is 7.62. The van der Waals surface area contributed by atoms with E-state index < -0.39 is 5.91 Å². The topological polar surface area (TPSA) is 73.8 Å². The van der Waals surface area contributed by atoms with E-state index in [0.29, 0.717) is 5.17 Å². The van der Waals surface area contributed by atoms with Crippen molar-refractivity contribution in [3.63, 3.8) is 0 Å². The summed E-state index contributed by atoms with van der Waals surface area (Å²) in [4.78, 5) is 17.2. The van der Waals surface area contributed by atoms with Crippen molar-refractivity contribution in [1.82, 2.24) is 9.58 Å². The summed E-state index contributed by atoms with van der Waals surface area (Å²) < 4.78 is 2.16. The van der Waals surface area contributed by atoms with Gasteiger partial charge in [0.05, 0.1) is 5.57 Å². The molecule has 2 aliphatic heterocycles. The average molecular weight is 468 g/mol. The number of aryl methyl sites for hydroxylation is 3. The number of nitrogens with zero attached hydrogens (tertiary/aromatic N) is 4. The number of carbonyl (C=O) groups is 1. The van der Waals surface area contributed by atoms with Gasteiger partial charge in [-0.15, -0.1) is 0 Å². The van der Waals surface area contributed by atoms with Crippen LogP contribution >= 0.6 is 11.8 Å². The Bertz CT molecular complexity index is 1430. The number of benzene rings is 2. The predicted octanol–water partition coefficient (Wildman–Crippen LogP) is 5.63. The molecule has 0 spiro atoms. The summed E-state index contributed by atoms with van der Waals surface area (Å²) in [5.74, 6) is -0.370. The molecule has 3 aromatic rings. The summed E-state index contributed by atoms with van der Waals surface area (Å²) in [5, 5.41) is 16.0. The fourth-order valence-corrected chi connectivity index (χ4v) is 5.26. The van der Waals surface area contributed by atoms with E-state index in [2.05, 4.69) is 45.9 Å². The van der Waals surface area contributed by atoms with E-state index in [9.17, 15) is 4.79 Å². The van der Waals surface area contributed by atoms with Crippen LogP contribution in [0.5, 0.6) is 0 Å². The van der Waals surface area contributed by atoms with Crippen LogP contribution in [0.4, 0.5) is 0 Å². The van der Waals surface area contributed by atoms with Crippen molar-refractivity contribution < 1.29 is 4.79 Å². The average Bonchev–Trinajstić information content (AvgIpc) is 3.37. The largest absolute Gasteiger partial charge is 0.318 e. The molecule has 3 heterocycles. The highest BCUT2D eigenvalue weighted by molar-refractivity contribution is 8.27. The van der Waals surface area contributed by atoms with Crippen LogP contribution in [0.2, 0.25) is 0 Å². The summed E-state index contributed by atoms with van der Waals surface area (Å²) in [6.45, 7) is 8.23. The fourth-order valence-electron chi connectivity index (χ4n) is 4.28. The fraction of sp³-hybridized carbons (Fsp3) is 0.185. The minimum Gasteiger partial charge on any atom is -0.318 e. The van der Waals surface area contributed by atoms with Crippen molar-refractivity contribution in [1.29, 1.82) is 5.41 Å². The number of amides is 1. The van der Waals surface area contributed by atoms with Crippen LogP contribution < -0.4 is 0 Å². The number of hydrogen-bond donors (Lipinski definition) is 1. The van der Waals surface area contributed by atoms with E-state index in [1.807, 2.05) is 51.1 Å². The molecule has 1 amide bonds. The Balaban J connectivity index is 1.50. The molecule has 0 saturated heterocycles. The lowest BCUT2D eigenvalue weighted by Gasteiger charge is -2.20. The van der Waals surface area contributed by atoms with Gasteiger partial charge in [0.15, 0.2) is 5.84 Å². The smallest absolute Gasteiger partial charge is 0.283 e. The molecule has 0 saturated carbocycles. The highest BCUT2D eigenvalue weighted by atomic mass is 32.2. The Labute approximate surface area is 203 Å². The number of fused-ring (bicyclic) bond motifs is 1. The lowest BCUT2D eigenvalue weighted by molar-refractivity contribution is -0.114. The molecule has 170 valence electrons. The summed E-state index contributed by atoms with van der Waals surface area (Å²) in [6.07, 6.45) is 2.76. The Kier molecular flexibility index (Phi) is 5.57. The van der Waals surface area contributed by atoms with Crippen LogP contribution in [0.1, 0.15) is 40.6 Å². The first kappa shape index (κ1) is 22.1. The lowest BCUT2D eigenvalue weighted by Crippen LogP contribution is -2.35. The maximum absolute atomic E-state index is 12.9. The number of aromatic nitrogens is 1. The van der Waals surface area contributed by atoms with Crippen molar-refractivity contribution in [3.8, 4) is 5.69 Å². The minimum atomic E-state index is -0.415. The number of hydrogen-bond acceptors (Lipinski definition) is 4. The maximum Gasteiger partial charge on any atom is 0.283 e. The van der Waals surface area contributed by atoms with Crippen LogP contribution in [0.3, 0.4) is 0 Å². The SMILES string of the molecule is CCc1ccc(-n2c(C)cc(C=C3C(=N)N4N=C(c5ccccc5C)SC4=NC3=O)c2C)cc1. The molecule has 0 atom stereocenters. The van der Waals surface area contributed by atoms with Crippen LogP contribution in [0, 0.1) is 26.2 Å². The highest BCUT2D eigenvalue weighted by Gasteiger charge is 2.36. The third kappa shape index (κ3) is 3.72. The Hall–Kier alpha value is -3.71. The minimum absolute atomic E-state index is 0.0446. The number of hydrazone groups is 1. The molecule has 1 N–H and O–H groups in total. The van der Waals surface area contributed by atoms with E-state index in [1.54, 1.807) is 6.08 Å². The normalized spacial score (nSPS) is 16.7. The highest BCUT2D eigenvalue weighted by Crippen LogP contribution is 2.32. The molecular formula is C27H25N5OS. The van der Waals surface area contributed by atoms with Gasteiger partial charge in [-0.1, -0.05) is 43.3 Å². The van der Waals surface area contributed by atoms with Crippen LogP contribution in [-0.4, -0.2) is 31.5 Å². The first-order valence-corrected chi connectivity index (χ1v) is 12.0. The monoisotopic (exact) mass is 467 g/mol. The standard InChI is InChI=1S/C27H25N5OS/c1-5-19-10-12-21(13-11-19)31-17(3)14-20(18(31)4)15-23-24(28)32-27(29-25(23)33)34-26(30-32)22-9-7-6-8-16(22)2/h6-15,28H,5H2,1-4H3. The molecule has 0 fully saturated rings. The van der Waals surface area contributed by atoms with Crippen molar-refractivity contribution in [2.45, 2.75) is 34.1 Å². The molecule has 6 nitrogen and oxygen atoms in total. The molecular weight excluding hydrogens is 442 g/mol. The zero-order chi connectivity index (χ0) is 24.0. The molecule has 0 radical (unpaired) electrons. The number of nitrogens with one attached hydrogen (secondary N) is 1. The molecule has 1 aromatic heterocycles. The van der Waals surface area contributed by atoms with E-state index >= 15 is 0 Å². The van der Waals surface area contributed by atoms with Crippen LogP contribution in [-0.2, 0) is 11.2 Å². The number of carbonyl (C=O) groups excluding carboxylic acids is 1. The molecule has 5 rings (SSSR count). The quantitative estimate of drug-likeness (QED) is 0.505. The van der Waals surface area contributed by atoms with Gasteiger partial charge in [0.25, 0.3) is 5.91 Å². The Morgan fingerprint density at radius 2 is 1.79 bits per heavy atom. The van der Waals surface area contributed by atoms with Gasteiger partial charge in [-0.3, -0.25) is 10.2 Å². The Morgan fingerprint density at radius 1 is 1.06 bits per heavy atom. The summed E-state index contributed by atoms with van der Waals surface area (Å²) in [7, 11) is 0. The number of amidine groups is 2. The predicted molar refractivity (Wildman–Crippen MR) is 140 cm³/mol. The second-order valence-corrected chi connectivity index (χ2v) is 9.38. The van der Waals surface area contributed by atoms with Gasteiger partial charge in [0, 0.05) is 22.6 Å². The van der Waals surface area contributed by atoms with Crippen LogP contribution in [0.15, 0.2) is 70.3 Å². The zero-order valence-electron chi connectivity index (χ0n) is 19.6. The first-order valence-electron chi connectivity index (χ1n) is 11.2. The third-order valence-electron chi connectivity index (χ3n) is 6.20. The first-order chi connectivity index (χ1) is 16.4. The molecule has 0 unspecified atom stereocenters. The van der Waals surface area contributed by atoms with E-state index in [1.165, 1.54) is 22.3 Å². The van der Waals surface area contributed by atoms with Gasteiger partial charge in [-0.2, -0.15) is 15.1 Å². The van der Waals surface area contributed by atoms with Crippen LogP contribution in [0.25, 0.3) is 11.8 Å². The van der Waals surface area contributed by atoms with Crippen molar-refractivity contribution in [3.05, 3.63) is 93.8 Å². The van der Waals surface area contributed by atoms with E-state index in [4.69, 9.17) is 5.41 Å². The molecule has 34 heavy (non-hydrogen) atoms. The van der Waals surface area contributed by atoms with Gasteiger partial charge < -0.3 is 4.57 Å². The number of aliphatic imine (C=N–C) groups is 1. The van der Waals surface area contributed by atoms with E-state index in [-0.39, 0.29) is 11.4 Å². The summed E-state index contributed by atoms with van der Waals surface area (Å²) in [6, 6.07) is 18.5. The van der Waals surface area contributed by atoms with Crippen molar-refractivity contribution >= 4 is 39.8 Å². The second-order valence-electron chi connectivity index (χ2n) is 8.42. The Morgan fingerprint density at radius 3 is 2.50 bits per heavy atom. The molecule has 7 heteroatoms. The number of thioether (sulfide) groups is 1. The van der Waals surface area contributed by atoms with Gasteiger partial charge in [-0.25, -0.2) is 0 Å². The van der Waals surface area contributed by atoms with Crippen molar-refractivity contribution in [2.24, 2.45) is 10.1 Å². The summed E-state index contributed by atoms with van der Waals surface area (Å²) >= 11 is 1.32. The van der Waals surface area contributed by atoms with Gasteiger partial charge in [0.1, 0.15) is 5.04 Å². The molecule has 0 bridgehead atoms. The lowest BCUT2D eigenvalue weighted by atomic mass is 10.1. The zero-order valence-corrected chi connectivity index (χ0v) is 20.4. The van der Waals surface area contributed by atoms with E-state index in [0.717, 1.165) is 45.2 Å². The van der Waals surface area contributed by atoms with Gasteiger partial charge in [0.2, 0.25) is 5.17 Å².